The second-order valence-electron chi connectivity index (χ2n) is 8.46. The Morgan fingerprint density at radius 1 is 1.00 bits per heavy atom. The SMILES string of the molecule is CC(C)(c1ccc(Cl)c(Cl)c1)c1cnc(SCc2c(F)cc(NC=O)cc2F)n1-c1ccc(F)cc1. The average molecular weight is 550 g/mol. The highest BCUT2D eigenvalue weighted by Gasteiger charge is 2.30. The van der Waals surface area contributed by atoms with Gasteiger partial charge in [-0.3, -0.25) is 9.36 Å². The summed E-state index contributed by atoms with van der Waals surface area (Å²) in [5.74, 6) is -2.04. The Labute approximate surface area is 220 Å². The maximum Gasteiger partial charge on any atom is 0.211 e. The molecular weight excluding hydrogens is 530 g/mol. The van der Waals surface area contributed by atoms with E-state index in [0.717, 1.165) is 35.2 Å². The van der Waals surface area contributed by atoms with E-state index in [-0.39, 0.29) is 17.0 Å². The van der Waals surface area contributed by atoms with Crippen molar-refractivity contribution in [3.63, 3.8) is 0 Å². The second-order valence-corrected chi connectivity index (χ2v) is 10.2. The van der Waals surface area contributed by atoms with Crippen LogP contribution in [-0.2, 0) is 16.0 Å². The number of benzene rings is 3. The fourth-order valence-corrected chi connectivity index (χ4v) is 5.09. The molecule has 0 atom stereocenters. The monoisotopic (exact) mass is 549 g/mol. The van der Waals surface area contributed by atoms with Gasteiger partial charge in [-0.2, -0.15) is 0 Å². The third kappa shape index (κ3) is 5.26. The lowest BCUT2D eigenvalue weighted by atomic mass is 9.81. The number of rotatable bonds is 8. The van der Waals surface area contributed by atoms with Crippen molar-refractivity contribution < 1.29 is 18.0 Å². The number of carbonyl (C=O) groups excluding carboxylic acids is 1. The Balaban J connectivity index is 1.76. The van der Waals surface area contributed by atoms with Crippen molar-refractivity contribution >= 4 is 47.1 Å². The zero-order chi connectivity index (χ0) is 26.0. The normalized spacial score (nSPS) is 11.5. The lowest BCUT2D eigenvalue weighted by molar-refractivity contribution is -0.105. The molecule has 1 N–H and O–H groups in total. The van der Waals surface area contributed by atoms with Crippen molar-refractivity contribution in [2.75, 3.05) is 5.32 Å². The van der Waals surface area contributed by atoms with Gasteiger partial charge in [0.05, 0.1) is 21.9 Å². The van der Waals surface area contributed by atoms with Crippen LogP contribution in [0.1, 0.15) is 30.7 Å². The molecular formula is C26H20Cl2F3N3OS. The maximum atomic E-state index is 14.6. The van der Waals surface area contributed by atoms with E-state index in [0.29, 0.717) is 27.3 Å². The molecule has 0 bridgehead atoms. The third-order valence-corrected chi connectivity index (χ3v) is 7.53. The molecule has 0 saturated heterocycles. The molecule has 0 fully saturated rings. The lowest BCUT2D eigenvalue weighted by Gasteiger charge is -2.28. The van der Waals surface area contributed by atoms with Crippen molar-refractivity contribution in [2.45, 2.75) is 30.2 Å². The topological polar surface area (TPSA) is 46.9 Å². The van der Waals surface area contributed by atoms with E-state index in [1.165, 1.54) is 12.1 Å². The van der Waals surface area contributed by atoms with Crippen LogP contribution >= 0.6 is 35.0 Å². The molecule has 186 valence electrons. The summed E-state index contributed by atoms with van der Waals surface area (Å²) < 4.78 is 44.7. The maximum absolute atomic E-state index is 14.6. The molecule has 0 unspecified atom stereocenters. The Kier molecular flexibility index (Phi) is 7.68. The van der Waals surface area contributed by atoms with Crippen molar-refractivity contribution in [1.29, 1.82) is 0 Å². The number of nitrogens with one attached hydrogen (secondary N) is 1. The van der Waals surface area contributed by atoms with Crippen LogP contribution < -0.4 is 5.32 Å². The molecule has 1 amide bonds. The number of carbonyl (C=O) groups is 1. The Bertz CT molecular complexity index is 1400. The van der Waals surface area contributed by atoms with E-state index in [2.05, 4.69) is 10.3 Å². The number of aromatic nitrogens is 2. The molecule has 1 aromatic heterocycles. The van der Waals surface area contributed by atoms with Gasteiger partial charge in [-0.05, 0) is 54.1 Å². The van der Waals surface area contributed by atoms with E-state index < -0.39 is 22.9 Å². The lowest BCUT2D eigenvalue weighted by Crippen LogP contribution is -2.23. The summed E-state index contributed by atoms with van der Waals surface area (Å²) in [5.41, 5.74) is 1.50. The van der Waals surface area contributed by atoms with Crippen LogP contribution in [0.15, 0.2) is 66.0 Å². The number of halogens is 5. The first kappa shape index (κ1) is 26.1. The van der Waals surface area contributed by atoms with Crippen LogP contribution in [0.25, 0.3) is 5.69 Å². The number of hydrogen-bond donors (Lipinski definition) is 1. The van der Waals surface area contributed by atoms with Gasteiger partial charge in [0.2, 0.25) is 6.41 Å². The summed E-state index contributed by atoms with van der Waals surface area (Å²) in [4.78, 5) is 15.1. The summed E-state index contributed by atoms with van der Waals surface area (Å²) in [6.45, 7) is 3.96. The number of thioether (sulfide) groups is 1. The Morgan fingerprint density at radius 2 is 1.67 bits per heavy atom. The van der Waals surface area contributed by atoms with E-state index >= 15 is 0 Å². The van der Waals surface area contributed by atoms with Crippen LogP contribution in [0.5, 0.6) is 0 Å². The largest absolute Gasteiger partial charge is 0.328 e. The number of imidazole rings is 1. The Morgan fingerprint density at radius 3 is 2.28 bits per heavy atom. The first-order valence-corrected chi connectivity index (χ1v) is 12.5. The minimum atomic E-state index is -0.789. The van der Waals surface area contributed by atoms with Gasteiger partial charge in [0.15, 0.2) is 5.16 Å². The highest BCUT2D eigenvalue weighted by molar-refractivity contribution is 7.98. The number of hydrogen-bond acceptors (Lipinski definition) is 3. The van der Waals surface area contributed by atoms with E-state index in [1.807, 2.05) is 24.5 Å². The molecule has 4 nitrogen and oxygen atoms in total. The van der Waals surface area contributed by atoms with E-state index in [1.54, 1.807) is 30.5 Å². The van der Waals surface area contributed by atoms with Gasteiger partial charge < -0.3 is 5.32 Å². The van der Waals surface area contributed by atoms with Crippen LogP contribution in [0.4, 0.5) is 18.9 Å². The molecule has 0 spiro atoms. The summed E-state index contributed by atoms with van der Waals surface area (Å²) in [6, 6.07) is 13.3. The highest BCUT2D eigenvalue weighted by Crippen LogP contribution is 2.39. The summed E-state index contributed by atoms with van der Waals surface area (Å²) in [7, 11) is 0. The predicted molar refractivity (Wildman–Crippen MR) is 138 cm³/mol. The molecule has 3 aromatic carbocycles. The first-order valence-electron chi connectivity index (χ1n) is 10.7. The van der Waals surface area contributed by atoms with Crippen LogP contribution in [0, 0.1) is 17.5 Å². The van der Waals surface area contributed by atoms with Crippen molar-refractivity contribution in [1.82, 2.24) is 9.55 Å². The molecule has 0 aliphatic heterocycles. The molecule has 0 saturated carbocycles. The smallest absolute Gasteiger partial charge is 0.211 e. The zero-order valence-corrected chi connectivity index (χ0v) is 21.5. The standard InChI is InChI=1S/C26H20Cl2F3N3OS/c1-26(2,15-3-8-20(27)21(28)9-15)24-12-32-25(34(24)18-6-4-16(29)5-7-18)36-13-19-22(30)10-17(33-14-35)11-23(19)31/h3-12,14H,13H2,1-2H3,(H,33,35). The van der Waals surface area contributed by atoms with E-state index in [9.17, 15) is 18.0 Å². The molecule has 0 radical (unpaired) electrons. The summed E-state index contributed by atoms with van der Waals surface area (Å²) in [5, 5.41) is 3.53. The van der Waals surface area contributed by atoms with Gasteiger partial charge in [-0.1, -0.05) is 54.9 Å². The van der Waals surface area contributed by atoms with Crippen molar-refractivity contribution in [2.24, 2.45) is 0 Å². The molecule has 36 heavy (non-hydrogen) atoms. The van der Waals surface area contributed by atoms with Crippen molar-refractivity contribution in [3.8, 4) is 5.69 Å². The number of amides is 1. The predicted octanol–water partition coefficient (Wildman–Crippen LogP) is 7.78. The summed E-state index contributed by atoms with van der Waals surface area (Å²) in [6.07, 6.45) is 2.03. The minimum Gasteiger partial charge on any atom is -0.328 e. The minimum absolute atomic E-state index is 0.0206. The molecule has 10 heteroatoms. The average Bonchev–Trinajstić information content (AvgIpc) is 3.26. The second kappa shape index (κ2) is 10.6. The highest BCUT2D eigenvalue weighted by atomic mass is 35.5. The van der Waals surface area contributed by atoms with Gasteiger partial charge in [-0.15, -0.1) is 0 Å². The van der Waals surface area contributed by atoms with Crippen LogP contribution in [-0.4, -0.2) is 16.0 Å². The summed E-state index contributed by atoms with van der Waals surface area (Å²) >= 11 is 13.5. The third-order valence-electron chi connectivity index (χ3n) is 5.81. The molecule has 4 aromatic rings. The number of nitrogens with zero attached hydrogens (tertiary/aromatic N) is 2. The molecule has 1 heterocycles. The van der Waals surface area contributed by atoms with Gasteiger partial charge in [0.25, 0.3) is 0 Å². The molecule has 0 aliphatic rings. The van der Waals surface area contributed by atoms with Gasteiger partial charge in [0.1, 0.15) is 17.5 Å². The Hall–Kier alpha value is -2.94. The fraction of sp³-hybridized carbons (Fsp3) is 0.154. The van der Waals surface area contributed by atoms with Crippen molar-refractivity contribution in [3.05, 3.63) is 105 Å². The fourth-order valence-electron chi connectivity index (χ4n) is 3.78. The van der Waals surface area contributed by atoms with Gasteiger partial charge in [0, 0.05) is 28.1 Å². The van der Waals surface area contributed by atoms with Crippen LogP contribution in [0.2, 0.25) is 10.0 Å². The zero-order valence-electron chi connectivity index (χ0n) is 19.2. The van der Waals surface area contributed by atoms with Crippen LogP contribution in [0.3, 0.4) is 0 Å². The molecule has 0 aliphatic carbocycles. The van der Waals surface area contributed by atoms with Gasteiger partial charge in [-0.25, -0.2) is 18.2 Å². The molecule has 4 rings (SSSR count). The quantitative estimate of drug-likeness (QED) is 0.180. The van der Waals surface area contributed by atoms with E-state index in [4.69, 9.17) is 23.2 Å². The number of anilines is 1. The van der Waals surface area contributed by atoms with Gasteiger partial charge >= 0.3 is 0 Å². The first-order chi connectivity index (χ1) is 17.1.